The maximum atomic E-state index is 11.9. The summed E-state index contributed by atoms with van der Waals surface area (Å²) >= 11 is 0. The van der Waals surface area contributed by atoms with E-state index in [0.717, 1.165) is 11.6 Å². The fraction of sp³-hybridized carbons (Fsp3) is 0.154. The van der Waals surface area contributed by atoms with Gasteiger partial charge in [0.1, 0.15) is 10.7 Å². The molecule has 2 aromatic rings. The Kier molecular flexibility index (Phi) is 3.69. The molecule has 0 atom stereocenters. The molecular weight excluding hydrogens is 264 g/mol. The Hall–Kier alpha value is -2.83. The van der Waals surface area contributed by atoms with E-state index in [1.54, 1.807) is 25.3 Å². The number of ether oxygens (including phenoxy) is 1. The van der Waals surface area contributed by atoms with Gasteiger partial charge in [-0.1, -0.05) is 0 Å². The number of carbonyl (C=O) groups excluding carboxylic acids is 1. The number of amides is 1. The Bertz CT molecular complexity index is 663. The molecule has 1 aromatic heterocycles. The van der Waals surface area contributed by atoms with Crippen LogP contribution in [0.3, 0.4) is 0 Å². The standard InChI is InChI=1S/C13H12N2O5/c1-8-7-9(3-4-10(8)19-2)14-13(16)11-5-6-12(20-11)15(17)18/h3-7H,1-2H3,(H,14,16). The summed E-state index contributed by atoms with van der Waals surface area (Å²) < 4.78 is 9.93. The number of nitro groups is 1. The van der Waals surface area contributed by atoms with Crippen LogP contribution in [0, 0.1) is 17.0 Å². The molecule has 0 fully saturated rings. The first-order valence-corrected chi connectivity index (χ1v) is 5.71. The minimum Gasteiger partial charge on any atom is -0.496 e. The van der Waals surface area contributed by atoms with Gasteiger partial charge in [0.05, 0.1) is 13.2 Å². The molecule has 0 bridgehead atoms. The molecule has 20 heavy (non-hydrogen) atoms. The van der Waals surface area contributed by atoms with Crippen molar-refractivity contribution in [3.8, 4) is 5.75 Å². The quantitative estimate of drug-likeness (QED) is 0.684. The summed E-state index contributed by atoms with van der Waals surface area (Å²) in [5, 5.41) is 13.1. The Balaban J connectivity index is 2.14. The van der Waals surface area contributed by atoms with E-state index in [1.807, 2.05) is 6.92 Å². The van der Waals surface area contributed by atoms with E-state index in [1.165, 1.54) is 6.07 Å². The fourth-order valence-corrected chi connectivity index (χ4v) is 1.70. The summed E-state index contributed by atoms with van der Waals surface area (Å²) in [7, 11) is 1.56. The van der Waals surface area contributed by atoms with Crippen LogP contribution in [0.1, 0.15) is 16.1 Å². The summed E-state index contributed by atoms with van der Waals surface area (Å²) in [5.74, 6) is -0.439. The average Bonchev–Trinajstić information content (AvgIpc) is 2.88. The van der Waals surface area contributed by atoms with Crippen molar-refractivity contribution >= 4 is 17.5 Å². The number of hydrogen-bond donors (Lipinski definition) is 1. The van der Waals surface area contributed by atoms with Crippen LogP contribution in [0.2, 0.25) is 0 Å². The van der Waals surface area contributed by atoms with E-state index in [9.17, 15) is 14.9 Å². The second-order valence-electron chi connectivity index (χ2n) is 4.03. The van der Waals surface area contributed by atoms with Gasteiger partial charge in [-0.3, -0.25) is 14.9 Å². The molecule has 0 saturated carbocycles. The van der Waals surface area contributed by atoms with Gasteiger partial charge in [-0.15, -0.1) is 0 Å². The number of methoxy groups -OCH3 is 1. The van der Waals surface area contributed by atoms with Gasteiger partial charge >= 0.3 is 5.88 Å². The van der Waals surface area contributed by atoms with Gasteiger partial charge in [-0.2, -0.15) is 0 Å². The maximum Gasteiger partial charge on any atom is 0.433 e. The maximum absolute atomic E-state index is 11.9. The van der Waals surface area contributed by atoms with Crippen molar-refractivity contribution in [1.82, 2.24) is 0 Å². The van der Waals surface area contributed by atoms with E-state index in [0.29, 0.717) is 11.4 Å². The number of anilines is 1. The number of hydrogen-bond acceptors (Lipinski definition) is 5. The zero-order chi connectivity index (χ0) is 14.7. The second kappa shape index (κ2) is 5.43. The molecule has 7 heteroatoms. The zero-order valence-electron chi connectivity index (χ0n) is 10.9. The van der Waals surface area contributed by atoms with Crippen molar-refractivity contribution in [1.29, 1.82) is 0 Å². The van der Waals surface area contributed by atoms with Crippen molar-refractivity contribution < 1.29 is 18.9 Å². The van der Waals surface area contributed by atoms with Crippen LogP contribution in [0.15, 0.2) is 34.7 Å². The first-order chi connectivity index (χ1) is 9.51. The highest BCUT2D eigenvalue weighted by molar-refractivity contribution is 6.02. The summed E-state index contributed by atoms with van der Waals surface area (Å²) in [4.78, 5) is 21.6. The number of nitrogens with one attached hydrogen (secondary N) is 1. The van der Waals surface area contributed by atoms with Crippen molar-refractivity contribution in [2.75, 3.05) is 12.4 Å². The number of furan rings is 1. The molecule has 0 saturated heterocycles. The predicted molar refractivity (Wildman–Crippen MR) is 71.0 cm³/mol. The van der Waals surface area contributed by atoms with Crippen LogP contribution in [0.5, 0.6) is 5.75 Å². The van der Waals surface area contributed by atoms with Gasteiger partial charge < -0.3 is 14.5 Å². The Labute approximate surface area is 114 Å². The van der Waals surface area contributed by atoms with E-state index in [-0.39, 0.29) is 5.76 Å². The highest BCUT2D eigenvalue weighted by atomic mass is 16.6. The first kappa shape index (κ1) is 13.6. The molecule has 1 aromatic carbocycles. The lowest BCUT2D eigenvalue weighted by Crippen LogP contribution is -2.11. The largest absolute Gasteiger partial charge is 0.496 e. The smallest absolute Gasteiger partial charge is 0.433 e. The predicted octanol–water partition coefficient (Wildman–Crippen LogP) is 2.76. The van der Waals surface area contributed by atoms with E-state index < -0.39 is 16.7 Å². The highest BCUT2D eigenvalue weighted by Gasteiger charge is 2.17. The zero-order valence-corrected chi connectivity index (χ0v) is 10.9. The Morgan fingerprint density at radius 2 is 2.10 bits per heavy atom. The van der Waals surface area contributed by atoms with Gasteiger partial charge in [0.2, 0.25) is 0 Å². The van der Waals surface area contributed by atoms with Gasteiger partial charge in [-0.05, 0) is 36.8 Å². The summed E-state index contributed by atoms with van der Waals surface area (Å²) in [6, 6.07) is 7.50. The van der Waals surface area contributed by atoms with Gasteiger partial charge in [0.25, 0.3) is 5.91 Å². The Morgan fingerprint density at radius 3 is 2.65 bits per heavy atom. The third kappa shape index (κ3) is 2.77. The molecule has 104 valence electrons. The second-order valence-corrected chi connectivity index (χ2v) is 4.03. The molecular formula is C13H12N2O5. The number of aryl methyl sites for hydroxylation is 1. The normalized spacial score (nSPS) is 10.1. The van der Waals surface area contributed by atoms with Crippen molar-refractivity contribution in [3.63, 3.8) is 0 Å². The summed E-state index contributed by atoms with van der Waals surface area (Å²) in [6.45, 7) is 1.84. The summed E-state index contributed by atoms with van der Waals surface area (Å²) in [5.41, 5.74) is 1.41. The molecule has 2 rings (SSSR count). The number of benzene rings is 1. The molecule has 0 radical (unpaired) electrons. The van der Waals surface area contributed by atoms with Crippen LogP contribution in [0.25, 0.3) is 0 Å². The molecule has 1 heterocycles. The lowest BCUT2D eigenvalue weighted by molar-refractivity contribution is -0.402. The fourth-order valence-electron chi connectivity index (χ4n) is 1.70. The van der Waals surface area contributed by atoms with Crippen LogP contribution >= 0.6 is 0 Å². The molecule has 0 spiro atoms. The van der Waals surface area contributed by atoms with Crippen LogP contribution in [-0.2, 0) is 0 Å². The molecule has 0 aliphatic carbocycles. The van der Waals surface area contributed by atoms with E-state index in [4.69, 9.17) is 9.15 Å². The van der Waals surface area contributed by atoms with Gasteiger partial charge in [0.15, 0.2) is 5.76 Å². The lowest BCUT2D eigenvalue weighted by atomic mass is 10.2. The van der Waals surface area contributed by atoms with Gasteiger partial charge in [-0.25, -0.2) is 0 Å². The van der Waals surface area contributed by atoms with Crippen molar-refractivity contribution in [3.05, 3.63) is 51.8 Å². The van der Waals surface area contributed by atoms with Gasteiger partial charge in [0, 0.05) is 5.69 Å². The molecule has 0 unspecified atom stereocenters. The Morgan fingerprint density at radius 1 is 1.35 bits per heavy atom. The first-order valence-electron chi connectivity index (χ1n) is 5.71. The minimum absolute atomic E-state index is 0.120. The monoisotopic (exact) mass is 276 g/mol. The lowest BCUT2D eigenvalue weighted by Gasteiger charge is -2.07. The molecule has 0 aliphatic heterocycles. The third-order valence-electron chi connectivity index (χ3n) is 2.65. The van der Waals surface area contributed by atoms with Crippen molar-refractivity contribution in [2.45, 2.75) is 6.92 Å². The number of nitrogens with zero attached hydrogens (tertiary/aromatic N) is 1. The minimum atomic E-state index is -0.700. The van der Waals surface area contributed by atoms with Crippen LogP contribution < -0.4 is 10.1 Å². The highest BCUT2D eigenvalue weighted by Crippen LogP contribution is 2.22. The topological polar surface area (TPSA) is 94.6 Å². The molecule has 0 aliphatic rings. The average molecular weight is 276 g/mol. The number of rotatable bonds is 4. The van der Waals surface area contributed by atoms with Crippen molar-refractivity contribution in [2.24, 2.45) is 0 Å². The number of carbonyl (C=O) groups is 1. The molecule has 1 amide bonds. The van der Waals surface area contributed by atoms with E-state index in [2.05, 4.69) is 5.32 Å². The molecule has 7 nitrogen and oxygen atoms in total. The summed E-state index contributed by atoms with van der Waals surface area (Å²) in [6.07, 6.45) is 0. The third-order valence-corrected chi connectivity index (χ3v) is 2.65. The van der Waals surface area contributed by atoms with Crippen LogP contribution in [0.4, 0.5) is 11.6 Å². The SMILES string of the molecule is COc1ccc(NC(=O)c2ccc([N+](=O)[O-])o2)cc1C. The van der Waals surface area contributed by atoms with E-state index >= 15 is 0 Å². The van der Waals surface area contributed by atoms with Crippen LogP contribution in [-0.4, -0.2) is 17.9 Å². The molecule has 1 N–H and O–H groups in total.